The van der Waals surface area contributed by atoms with Gasteiger partial charge in [-0.3, -0.25) is 4.79 Å². The zero-order valence-corrected chi connectivity index (χ0v) is 5.65. The van der Waals surface area contributed by atoms with Gasteiger partial charge in [0.25, 0.3) is 0 Å². The van der Waals surface area contributed by atoms with Crippen LogP contribution in [0.1, 0.15) is 6.92 Å². The van der Waals surface area contributed by atoms with E-state index in [0.29, 0.717) is 0 Å². The summed E-state index contributed by atoms with van der Waals surface area (Å²) in [6.07, 6.45) is 0.213. The van der Waals surface area contributed by atoms with Gasteiger partial charge in [-0.1, -0.05) is 6.58 Å². The second-order valence-corrected chi connectivity index (χ2v) is 1.71. The molecule has 5 heteroatoms. The third-order valence-corrected chi connectivity index (χ3v) is 0.928. The average Bonchev–Trinajstić information content (AvgIpc) is 1.85. The molecule has 10 heavy (non-hydrogen) atoms. The van der Waals surface area contributed by atoms with Crippen LogP contribution in [0.15, 0.2) is 12.7 Å². The Bertz CT molecular complexity index is 134. The minimum Gasteiger partial charge on any atom is -0.402 e. The minimum absolute atomic E-state index is 0.381. The van der Waals surface area contributed by atoms with E-state index >= 15 is 0 Å². The molecule has 0 aromatic rings. The van der Waals surface area contributed by atoms with Crippen molar-refractivity contribution in [2.24, 2.45) is 0 Å². The lowest BCUT2D eigenvalue weighted by Gasteiger charge is -2.07. The van der Waals surface area contributed by atoms with E-state index in [-0.39, 0.29) is 5.78 Å². The molecular formula is C5H9BO4. The summed E-state index contributed by atoms with van der Waals surface area (Å²) in [4.78, 5) is 10.6. The van der Waals surface area contributed by atoms with Crippen LogP contribution in [0, 0.1) is 0 Å². The molecule has 0 spiro atoms. The second-order valence-electron chi connectivity index (χ2n) is 1.71. The Morgan fingerprint density at radius 2 is 2.30 bits per heavy atom. The summed E-state index contributed by atoms with van der Waals surface area (Å²) in [5.41, 5.74) is 0. The molecule has 0 aromatic heterocycles. The Morgan fingerprint density at radius 3 is 2.60 bits per heavy atom. The molecule has 0 bridgehead atoms. The van der Waals surface area contributed by atoms with Gasteiger partial charge in [-0.05, 0) is 13.0 Å². The van der Waals surface area contributed by atoms with E-state index in [4.69, 9.17) is 10.0 Å². The third kappa shape index (κ3) is 3.39. The van der Waals surface area contributed by atoms with Gasteiger partial charge in [0.1, 0.15) is 6.10 Å². The molecular weight excluding hydrogens is 135 g/mol. The standard InChI is InChI=1S/C5H9BO4/c1-3-5(7)4(2)10-6(8)9/h3-4,8-9H,1H2,2H3. The van der Waals surface area contributed by atoms with Crippen LogP contribution >= 0.6 is 0 Å². The molecule has 1 unspecified atom stereocenters. The van der Waals surface area contributed by atoms with Gasteiger partial charge in [0.15, 0.2) is 5.78 Å². The zero-order valence-electron chi connectivity index (χ0n) is 5.65. The van der Waals surface area contributed by atoms with E-state index in [9.17, 15) is 4.79 Å². The van der Waals surface area contributed by atoms with Crippen molar-refractivity contribution in [3.05, 3.63) is 12.7 Å². The van der Waals surface area contributed by atoms with Crippen LogP contribution < -0.4 is 0 Å². The Morgan fingerprint density at radius 1 is 1.80 bits per heavy atom. The summed E-state index contributed by atoms with van der Waals surface area (Å²) in [6.45, 7) is 4.60. The van der Waals surface area contributed by atoms with Crippen LogP contribution in [0.3, 0.4) is 0 Å². The van der Waals surface area contributed by atoms with Crippen molar-refractivity contribution in [1.29, 1.82) is 0 Å². The SMILES string of the molecule is C=CC(=O)C(C)OB(O)O. The fourth-order valence-electron chi connectivity index (χ4n) is 0.416. The topological polar surface area (TPSA) is 66.8 Å². The van der Waals surface area contributed by atoms with E-state index in [1.54, 1.807) is 0 Å². The number of hydrogen-bond acceptors (Lipinski definition) is 4. The van der Waals surface area contributed by atoms with Gasteiger partial charge in [0.05, 0.1) is 0 Å². The molecule has 0 saturated carbocycles. The lowest BCUT2D eigenvalue weighted by molar-refractivity contribution is -0.121. The van der Waals surface area contributed by atoms with Crippen molar-refractivity contribution < 1.29 is 19.5 Å². The largest absolute Gasteiger partial charge is 0.634 e. The van der Waals surface area contributed by atoms with Crippen LogP contribution in [-0.2, 0) is 9.45 Å². The van der Waals surface area contributed by atoms with Gasteiger partial charge in [0.2, 0.25) is 0 Å². The molecule has 4 nitrogen and oxygen atoms in total. The van der Waals surface area contributed by atoms with Crippen LogP contribution in [0.2, 0.25) is 0 Å². The summed E-state index contributed by atoms with van der Waals surface area (Å²) in [6, 6.07) is 0. The number of ketones is 1. The monoisotopic (exact) mass is 144 g/mol. The minimum atomic E-state index is -1.90. The number of carbonyl (C=O) groups is 1. The summed E-state index contributed by atoms with van der Waals surface area (Å²) >= 11 is 0. The smallest absolute Gasteiger partial charge is 0.402 e. The highest BCUT2D eigenvalue weighted by molar-refractivity contribution is 6.33. The van der Waals surface area contributed by atoms with Gasteiger partial charge in [-0.2, -0.15) is 0 Å². The predicted molar refractivity (Wildman–Crippen MR) is 35.9 cm³/mol. The van der Waals surface area contributed by atoms with Crippen molar-refractivity contribution in [1.82, 2.24) is 0 Å². The normalized spacial score (nSPS) is 12.3. The lowest BCUT2D eigenvalue weighted by Crippen LogP contribution is -2.28. The summed E-state index contributed by atoms with van der Waals surface area (Å²) < 4.78 is 4.29. The molecule has 0 amide bonds. The highest BCUT2D eigenvalue weighted by atomic mass is 16.6. The molecule has 0 heterocycles. The fraction of sp³-hybridized carbons (Fsp3) is 0.400. The van der Waals surface area contributed by atoms with Crippen molar-refractivity contribution >= 4 is 13.1 Å². The molecule has 0 radical (unpaired) electrons. The Labute approximate surface area is 59.3 Å². The first kappa shape index (κ1) is 9.35. The van der Waals surface area contributed by atoms with Crippen LogP contribution in [0.5, 0.6) is 0 Å². The summed E-state index contributed by atoms with van der Waals surface area (Å²) in [5.74, 6) is -0.381. The quantitative estimate of drug-likeness (QED) is 0.397. The maximum Gasteiger partial charge on any atom is 0.634 e. The molecule has 2 N–H and O–H groups in total. The molecule has 1 atom stereocenters. The van der Waals surface area contributed by atoms with E-state index in [2.05, 4.69) is 11.2 Å². The number of carbonyl (C=O) groups excluding carboxylic acids is 1. The first-order valence-corrected chi connectivity index (χ1v) is 2.75. The van der Waals surface area contributed by atoms with E-state index in [1.807, 2.05) is 0 Å². The Balaban J connectivity index is 3.72. The maximum atomic E-state index is 10.6. The van der Waals surface area contributed by atoms with E-state index in [0.717, 1.165) is 6.08 Å². The lowest BCUT2D eigenvalue weighted by atomic mass is 10.2. The van der Waals surface area contributed by atoms with Crippen molar-refractivity contribution in [2.45, 2.75) is 13.0 Å². The molecule has 0 rings (SSSR count). The van der Waals surface area contributed by atoms with E-state index < -0.39 is 13.4 Å². The zero-order chi connectivity index (χ0) is 8.15. The fourth-order valence-corrected chi connectivity index (χ4v) is 0.416. The van der Waals surface area contributed by atoms with Crippen molar-refractivity contribution in [3.63, 3.8) is 0 Å². The highest BCUT2D eigenvalue weighted by Crippen LogP contribution is 1.93. The van der Waals surface area contributed by atoms with E-state index in [1.165, 1.54) is 6.92 Å². The molecule has 0 aliphatic carbocycles. The van der Waals surface area contributed by atoms with Crippen LogP contribution in [-0.4, -0.2) is 29.3 Å². The molecule has 0 aliphatic heterocycles. The summed E-state index contributed by atoms with van der Waals surface area (Å²) in [5, 5.41) is 16.4. The highest BCUT2D eigenvalue weighted by Gasteiger charge is 2.17. The summed E-state index contributed by atoms with van der Waals surface area (Å²) in [7, 11) is -1.90. The van der Waals surface area contributed by atoms with Gasteiger partial charge in [-0.25, -0.2) is 0 Å². The predicted octanol–water partition coefficient (Wildman–Crippen LogP) is -0.884. The van der Waals surface area contributed by atoms with Gasteiger partial charge in [-0.15, -0.1) is 0 Å². The first-order valence-electron chi connectivity index (χ1n) is 2.75. The molecule has 0 fully saturated rings. The van der Waals surface area contributed by atoms with Gasteiger partial charge >= 0.3 is 7.32 Å². The maximum absolute atomic E-state index is 10.6. The molecule has 0 aliphatic rings. The first-order chi connectivity index (χ1) is 4.57. The molecule has 0 saturated heterocycles. The third-order valence-electron chi connectivity index (χ3n) is 0.928. The molecule has 0 aromatic carbocycles. The number of rotatable bonds is 4. The van der Waals surface area contributed by atoms with Gasteiger partial charge in [0, 0.05) is 0 Å². The Kier molecular flexibility index (Phi) is 3.94. The second kappa shape index (κ2) is 4.22. The number of hydrogen-bond donors (Lipinski definition) is 2. The van der Waals surface area contributed by atoms with Crippen LogP contribution in [0.25, 0.3) is 0 Å². The van der Waals surface area contributed by atoms with Gasteiger partial charge < -0.3 is 14.7 Å². The Hall–Kier alpha value is -0.645. The van der Waals surface area contributed by atoms with Crippen molar-refractivity contribution in [2.75, 3.05) is 0 Å². The van der Waals surface area contributed by atoms with Crippen LogP contribution in [0.4, 0.5) is 0 Å². The molecule has 56 valence electrons. The van der Waals surface area contributed by atoms with Crippen molar-refractivity contribution in [3.8, 4) is 0 Å². The average molecular weight is 144 g/mol.